The second-order valence-corrected chi connectivity index (χ2v) is 5.98. The van der Waals surface area contributed by atoms with Gasteiger partial charge in [0.25, 0.3) is 0 Å². The lowest BCUT2D eigenvalue weighted by Gasteiger charge is -2.18. The highest BCUT2D eigenvalue weighted by Crippen LogP contribution is 2.25. The van der Waals surface area contributed by atoms with Crippen LogP contribution in [-0.4, -0.2) is 6.16 Å². The van der Waals surface area contributed by atoms with Crippen molar-refractivity contribution in [3.8, 4) is 5.75 Å². The molecule has 2 rings (SSSR count). The summed E-state index contributed by atoms with van der Waals surface area (Å²) in [5, 5.41) is 0. The highest BCUT2D eigenvalue weighted by atomic mass is 16.7. The molecule has 0 aliphatic carbocycles. The first kappa shape index (κ1) is 18.1. The largest absolute Gasteiger partial charge is 0.514 e. The van der Waals surface area contributed by atoms with E-state index < -0.39 is 6.16 Å². The maximum absolute atomic E-state index is 12.2. The van der Waals surface area contributed by atoms with E-state index in [1.165, 1.54) is 12.8 Å². The number of hydrogen-bond donors (Lipinski definition) is 0. The SMILES string of the molecule is CCCCCCC(OC(=O)Oc1ccccc1C)c1ccccc1. The zero-order valence-electron chi connectivity index (χ0n) is 14.5. The van der Waals surface area contributed by atoms with Crippen LogP contribution in [-0.2, 0) is 4.74 Å². The Kier molecular flexibility index (Phi) is 7.34. The number of benzene rings is 2. The fourth-order valence-corrected chi connectivity index (χ4v) is 2.62. The quantitative estimate of drug-likeness (QED) is 0.328. The van der Waals surface area contributed by atoms with Crippen molar-refractivity contribution in [2.45, 2.75) is 52.1 Å². The maximum Gasteiger partial charge on any atom is 0.514 e. The summed E-state index contributed by atoms with van der Waals surface area (Å²) in [6.07, 6.45) is 4.48. The van der Waals surface area contributed by atoms with Crippen LogP contribution < -0.4 is 4.74 Å². The van der Waals surface area contributed by atoms with Crippen molar-refractivity contribution in [3.05, 3.63) is 65.7 Å². The fourth-order valence-electron chi connectivity index (χ4n) is 2.62. The van der Waals surface area contributed by atoms with E-state index in [9.17, 15) is 4.79 Å². The molecule has 0 saturated heterocycles. The monoisotopic (exact) mass is 326 g/mol. The van der Waals surface area contributed by atoms with Crippen molar-refractivity contribution in [3.63, 3.8) is 0 Å². The molecule has 2 aromatic rings. The summed E-state index contributed by atoms with van der Waals surface area (Å²) in [5.74, 6) is 0.542. The molecule has 128 valence electrons. The van der Waals surface area contributed by atoms with Crippen LogP contribution in [0.4, 0.5) is 4.79 Å². The summed E-state index contributed by atoms with van der Waals surface area (Å²) >= 11 is 0. The van der Waals surface area contributed by atoms with Crippen LogP contribution in [0.5, 0.6) is 5.75 Å². The second-order valence-electron chi connectivity index (χ2n) is 5.98. The third kappa shape index (κ3) is 5.73. The Morgan fingerprint density at radius 2 is 1.67 bits per heavy atom. The predicted molar refractivity (Wildman–Crippen MR) is 96.2 cm³/mol. The van der Waals surface area contributed by atoms with Gasteiger partial charge >= 0.3 is 6.16 Å². The van der Waals surface area contributed by atoms with Gasteiger partial charge in [0.15, 0.2) is 0 Å². The molecule has 0 fully saturated rings. The molecule has 0 spiro atoms. The molecule has 0 N–H and O–H groups in total. The average molecular weight is 326 g/mol. The number of carbonyl (C=O) groups excluding carboxylic acids is 1. The highest BCUT2D eigenvalue weighted by molar-refractivity contribution is 5.64. The molecule has 0 bridgehead atoms. The lowest BCUT2D eigenvalue weighted by Crippen LogP contribution is -2.16. The maximum atomic E-state index is 12.2. The minimum absolute atomic E-state index is 0.264. The van der Waals surface area contributed by atoms with E-state index >= 15 is 0 Å². The average Bonchev–Trinajstić information content (AvgIpc) is 2.60. The lowest BCUT2D eigenvalue weighted by molar-refractivity contribution is 0.0526. The summed E-state index contributed by atoms with van der Waals surface area (Å²) in [7, 11) is 0. The number of carbonyl (C=O) groups is 1. The first-order valence-corrected chi connectivity index (χ1v) is 8.69. The highest BCUT2D eigenvalue weighted by Gasteiger charge is 2.18. The van der Waals surface area contributed by atoms with Gasteiger partial charge in [-0.2, -0.15) is 0 Å². The van der Waals surface area contributed by atoms with Crippen LogP contribution in [0.2, 0.25) is 0 Å². The predicted octanol–water partition coefficient (Wildman–Crippen LogP) is 6.22. The Hall–Kier alpha value is -2.29. The van der Waals surface area contributed by atoms with E-state index in [1.54, 1.807) is 6.07 Å². The van der Waals surface area contributed by atoms with Crippen LogP contribution in [0.15, 0.2) is 54.6 Å². The minimum Gasteiger partial charge on any atom is -0.426 e. The molecule has 24 heavy (non-hydrogen) atoms. The van der Waals surface area contributed by atoms with Crippen molar-refractivity contribution in [1.29, 1.82) is 0 Å². The van der Waals surface area contributed by atoms with E-state index in [0.717, 1.165) is 30.4 Å². The van der Waals surface area contributed by atoms with Crippen LogP contribution in [0, 0.1) is 6.92 Å². The summed E-state index contributed by atoms with van der Waals surface area (Å²) < 4.78 is 11.0. The fraction of sp³-hybridized carbons (Fsp3) is 0.381. The zero-order valence-corrected chi connectivity index (χ0v) is 14.5. The topological polar surface area (TPSA) is 35.5 Å². The first-order valence-electron chi connectivity index (χ1n) is 8.69. The van der Waals surface area contributed by atoms with Crippen molar-refractivity contribution in [2.24, 2.45) is 0 Å². The van der Waals surface area contributed by atoms with E-state index in [1.807, 2.05) is 55.5 Å². The summed E-state index contributed by atoms with van der Waals surface area (Å²) in [4.78, 5) is 12.2. The van der Waals surface area contributed by atoms with Gasteiger partial charge in [-0.3, -0.25) is 0 Å². The molecule has 2 aromatic carbocycles. The molecule has 0 aliphatic heterocycles. The molecule has 0 amide bonds. The van der Waals surface area contributed by atoms with Gasteiger partial charge in [-0.05, 0) is 37.0 Å². The number of ether oxygens (including phenoxy) is 2. The summed E-state index contributed by atoms with van der Waals surface area (Å²) in [6, 6.07) is 17.3. The number of rotatable bonds is 8. The van der Waals surface area contributed by atoms with Crippen LogP contribution >= 0.6 is 0 Å². The number of para-hydroxylation sites is 1. The van der Waals surface area contributed by atoms with Crippen molar-refractivity contribution >= 4 is 6.16 Å². The number of aryl methyl sites for hydroxylation is 1. The Morgan fingerprint density at radius 1 is 0.958 bits per heavy atom. The van der Waals surface area contributed by atoms with Gasteiger partial charge in [-0.1, -0.05) is 74.7 Å². The Balaban J connectivity index is 1.99. The Bertz CT molecular complexity index is 622. The van der Waals surface area contributed by atoms with E-state index in [-0.39, 0.29) is 6.10 Å². The molecular weight excluding hydrogens is 300 g/mol. The van der Waals surface area contributed by atoms with Gasteiger partial charge in [0.05, 0.1) is 0 Å². The first-order chi connectivity index (χ1) is 11.7. The van der Waals surface area contributed by atoms with Crippen LogP contribution in [0.3, 0.4) is 0 Å². The minimum atomic E-state index is -0.645. The third-order valence-electron chi connectivity index (χ3n) is 4.02. The molecule has 1 unspecified atom stereocenters. The standard InChI is InChI=1S/C21H26O3/c1-3-4-5-9-16-20(18-13-7-6-8-14-18)24-21(22)23-19-15-11-10-12-17(19)2/h6-8,10-15,20H,3-5,9,16H2,1-2H3. The smallest absolute Gasteiger partial charge is 0.426 e. The normalized spacial score (nSPS) is 11.8. The van der Waals surface area contributed by atoms with Crippen molar-refractivity contribution < 1.29 is 14.3 Å². The molecule has 0 aromatic heterocycles. The van der Waals surface area contributed by atoms with Crippen LogP contribution in [0.25, 0.3) is 0 Å². The van der Waals surface area contributed by atoms with Crippen molar-refractivity contribution in [1.82, 2.24) is 0 Å². The number of hydrogen-bond acceptors (Lipinski definition) is 3. The van der Waals surface area contributed by atoms with Gasteiger partial charge in [0.1, 0.15) is 11.9 Å². The molecule has 1 atom stereocenters. The van der Waals surface area contributed by atoms with E-state index in [4.69, 9.17) is 9.47 Å². The molecular formula is C21H26O3. The van der Waals surface area contributed by atoms with Gasteiger partial charge in [0.2, 0.25) is 0 Å². The van der Waals surface area contributed by atoms with Gasteiger partial charge in [-0.15, -0.1) is 0 Å². The van der Waals surface area contributed by atoms with Gasteiger partial charge in [-0.25, -0.2) is 4.79 Å². The lowest BCUT2D eigenvalue weighted by atomic mass is 10.0. The van der Waals surface area contributed by atoms with Crippen molar-refractivity contribution in [2.75, 3.05) is 0 Å². The van der Waals surface area contributed by atoms with Crippen LogP contribution in [0.1, 0.15) is 56.3 Å². The third-order valence-corrected chi connectivity index (χ3v) is 4.02. The summed E-state index contributed by atoms with van der Waals surface area (Å²) in [5.41, 5.74) is 1.92. The number of unbranched alkanes of at least 4 members (excludes halogenated alkanes) is 3. The Labute approximate surface area is 144 Å². The molecule has 0 aliphatic rings. The van der Waals surface area contributed by atoms with E-state index in [0.29, 0.717) is 5.75 Å². The molecule has 0 radical (unpaired) electrons. The molecule has 0 heterocycles. The molecule has 3 heteroatoms. The van der Waals surface area contributed by atoms with E-state index in [2.05, 4.69) is 6.92 Å². The van der Waals surface area contributed by atoms with Gasteiger partial charge in [0, 0.05) is 0 Å². The Morgan fingerprint density at radius 3 is 2.38 bits per heavy atom. The molecule has 0 saturated carbocycles. The van der Waals surface area contributed by atoms with Gasteiger partial charge < -0.3 is 9.47 Å². The summed E-state index contributed by atoms with van der Waals surface area (Å²) in [6.45, 7) is 4.09. The zero-order chi connectivity index (χ0) is 17.2. The molecule has 3 nitrogen and oxygen atoms in total. The second kappa shape index (κ2) is 9.76.